The lowest BCUT2D eigenvalue weighted by molar-refractivity contribution is 0.768. The minimum Gasteiger partial charge on any atom is -0.310 e. The highest BCUT2D eigenvalue weighted by atomic mass is 15.1. The third-order valence-corrected chi connectivity index (χ3v) is 13.3. The molecule has 1 nitrogen and oxygen atoms in total. The summed E-state index contributed by atoms with van der Waals surface area (Å²) in [6.45, 7) is 0. The third kappa shape index (κ3) is 6.24. The normalized spacial score (nSPS) is 12.5. The predicted octanol–water partition coefficient (Wildman–Crippen LogP) is 16.8. The second-order valence-corrected chi connectivity index (χ2v) is 16.9. The molecule has 0 bridgehead atoms. The zero-order valence-electron chi connectivity index (χ0n) is 35.3. The molecule has 0 heterocycles. The van der Waals surface area contributed by atoms with Crippen molar-refractivity contribution in [2.75, 3.05) is 4.90 Å². The molecule has 0 amide bonds. The molecule has 1 aliphatic rings. The predicted molar refractivity (Wildman–Crippen MR) is 270 cm³/mol. The van der Waals surface area contributed by atoms with Gasteiger partial charge in [-0.25, -0.2) is 0 Å². The molecule has 11 aromatic rings. The zero-order chi connectivity index (χ0) is 42.5. The van der Waals surface area contributed by atoms with Crippen LogP contribution in [0.2, 0.25) is 0 Å². The van der Waals surface area contributed by atoms with Gasteiger partial charge in [0.2, 0.25) is 0 Å². The van der Waals surface area contributed by atoms with Crippen molar-refractivity contribution in [3.05, 3.63) is 283 Å². The van der Waals surface area contributed by atoms with Crippen LogP contribution in [0.1, 0.15) is 22.3 Å². The monoisotopic (exact) mass is 813 g/mol. The lowest BCUT2D eigenvalue weighted by atomic mass is 9.67. The van der Waals surface area contributed by atoms with E-state index in [1.165, 1.54) is 88.3 Å². The van der Waals surface area contributed by atoms with E-state index < -0.39 is 5.41 Å². The van der Waals surface area contributed by atoms with Gasteiger partial charge in [-0.3, -0.25) is 0 Å². The van der Waals surface area contributed by atoms with E-state index in [0.717, 1.165) is 17.1 Å². The fraction of sp³-hybridized carbons (Fsp3) is 0.0159. The number of hydrogen-bond donors (Lipinski definition) is 0. The first-order valence-electron chi connectivity index (χ1n) is 22.2. The number of fused-ring (bicyclic) bond motifs is 6. The first kappa shape index (κ1) is 37.5. The van der Waals surface area contributed by atoms with Gasteiger partial charge in [-0.1, -0.05) is 218 Å². The smallest absolute Gasteiger partial charge is 0.0714 e. The van der Waals surface area contributed by atoms with Gasteiger partial charge in [0.15, 0.2) is 0 Å². The Hall–Kier alpha value is -8.26. The van der Waals surface area contributed by atoms with Crippen LogP contribution < -0.4 is 4.90 Å². The molecule has 1 heteroatoms. The standard InChI is InChI=1S/C63H43N/c1-4-15-44(16-5-1)45-27-29-46(30-28-45)47-33-36-54(37-34-47)64(55-23-14-18-49(42-55)50-35-39-58-51(41-50)32-31-48-17-10-11-24-57(48)58)56-38-40-60-59-25-12-13-26-61(59)63(62(60)43-56,52-19-6-2-7-20-52)53-21-8-3-9-22-53/h1-43H. The number of hydrogen-bond acceptors (Lipinski definition) is 1. The van der Waals surface area contributed by atoms with Crippen molar-refractivity contribution in [3.8, 4) is 44.5 Å². The summed E-state index contributed by atoms with van der Waals surface area (Å²) in [6.07, 6.45) is 0. The second-order valence-electron chi connectivity index (χ2n) is 16.9. The van der Waals surface area contributed by atoms with Crippen LogP contribution in [0, 0.1) is 0 Å². The van der Waals surface area contributed by atoms with Crippen LogP contribution in [0.25, 0.3) is 66.1 Å². The maximum Gasteiger partial charge on any atom is 0.0714 e. The molecule has 11 aromatic carbocycles. The van der Waals surface area contributed by atoms with Crippen molar-refractivity contribution in [2.45, 2.75) is 5.41 Å². The number of anilines is 3. The van der Waals surface area contributed by atoms with Crippen LogP contribution in [0.5, 0.6) is 0 Å². The van der Waals surface area contributed by atoms with Crippen molar-refractivity contribution in [2.24, 2.45) is 0 Å². The molecule has 300 valence electrons. The van der Waals surface area contributed by atoms with E-state index in [1.807, 2.05) is 0 Å². The van der Waals surface area contributed by atoms with Gasteiger partial charge < -0.3 is 4.90 Å². The van der Waals surface area contributed by atoms with E-state index in [4.69, 9.17) is 0 Å². The van der Waals surface area contributed by atoms with E-state index in [9.17, 15) is 0 Å². The average molecular weight is 814 g/mol. The highest BCUT2D eigenvalue weighted by Crippen LogP contribution is 2.57. The van der Waals surface area contributed by atoms with E-state index >= 15 is 0 Å². The van der Waals surface area contributed by atoms with Crippen molar-refractivity contribution >= 4 is 38.6 Å². The Kier molecular flexibility index (Phi) is 9.13. The Morgan fingerprint density at radius 3 is 1.45 bits per heavy atom. The van der Waals surface area contributed by atoms with Crippen LogP contribution in [-0.4, -0.2) is 0 Å². The topological polar surface area (TPSA) is 3.24 Å². The fourth-order valence-electron chi connectivity index (χ4n) is 10.3. The molecule has 12 rings (SSSR count). The third-order valence-electron chi connectivity index (χ3n) is 13.3. The Labute approximate surface area is 374 Å². The molecule has 1 aliphatic carbocycles. The van der Waals surface area contributed by atoms with Gasteiger partial charge in [0.25, 0.3) is 0 Å². The van der Waals surface area contributed by atoms with E-state index in [2.05, 4.69) is 266 Å². The first-order valence-corrected chi connectivity index (χ1v) is 22.2. The summed E-state index contributed by atoms with van der Waals surface area (Å²) in [5.41, 5.74) is 17.6. The molecule has 0 radical (unpaired) electrons. The van der Waals surface area contributed by atoms with Crippen molar-refractivity contribution in [1.29, 1.82) is 0 Å². The molecule has 0 saturated heterocycles. The van der Waals surface area contributed by atoms with Gasteiger partial charge in [0.05, 0.1) is 5.41 Å². The van der Waals surface area contributed by atoms with E-state index in [-0.39, 0.29) is 0 Å². The van der Waals surface area contributed by atoms with Gasteiger partial charge in [0, 0.05) is 17.1 Å². The molecule has 0 aliphatic heterocycles. The highest BCUT2D eigenvalue weighted by Gasteiger charge is 2.46. The SMILES string of the molecule is c1ccc(-c2ccc(-c3ccc(N(c4cccc(-c5ccc6c(ccc7ccccc76)c5)c4)c4ccc5c(c4)C(c4ccccc4)(c4ccccc4)c4ccccc4-5)cc3)cc2)cc1. The summed E-state index contributed by atoms with van der Waals surface area (Å²) >= 11 is 0. The fourth-order valence-corrected chi connectivity index (χ4v) is 10.3. The van der Waals surface area contributed by atoms with E-state index in [0.29, 0.717) is 0 Å². The largest absolute Gasteiger partial charge is 0.310 e. The first-order chi connectivity index (χ1) is 31.7. The highest BCUT2D eigenvalue weighted by molar-refractivity contribution is 6.08. The minimum atomic E-state index is -0.511. The van der Waals surface area contributed by atoms with Crippen molar-refractivity contribution in [1.82, 2.24) is 0 Å². The van der Waals surface area contributed by atoms with E-state index in [1.54, 1.807) is 0 Å². The van der Waals surface area contributed by atoms with Gasteiger partial charge >= 0.3 is 0 Å². The quantitative estimate of drug-likeness (QED) is 0.138. The minimum absolute atomic E-state index is 0.511. The summed E-state index contributed by atoms with van der Waals surface area (Å²) in [4.78, 5) is 2.43. The van der Waals surface area contributed by atoms with Crippen LogP contribution in [0.3, 0.4) is 0 Å². The Morgan fingerprint density at radius 1 is 0.250 bits per heavy atom. The number of rotatable bonds is 8. The Balaban J connectivity index is 1.02. The van der Waals surface area contributed by atoms with Crippen LogP contribution in [-0.2, 0) is 5.41 Å². The molecule has 0 N–H and O–H groups in total. The molecular weight excluding hydrogens is 771 g/mol. The Bertz CT molecular complexity index is 3420. The molecule has 0 fully saturated rings. The molecular formula is C63H43N. The van der Waals surface area contributed by atoms with Gasteiger partial charge in [-0.05, 0) is 131 Å². The van der Waals surface area contributed by atoms with Gasteiger partial charge in [0.1, 0.15) is 0 Å². The van der Waals surface area contributed by atoms with Crippen LogP contribution in [0.15, 0.2) is 261 Å². The summed E-state index contributed by atoms with van der Waals surface area (Å²) in [5, 5.41) is 5.05. The summed E-state index contributed by atoms with van der Waals surface area (Å²) < 4.78 is 0. The summed E-state index contributed by atoms with van der Waals surface area (Å²) in [5.74, 6) is 0. The molecule has 0 unspecified atom stereocenters. The second kappa shape index (κ2) is 15.6. The summed E-state index contributed by atoms with van der Waals surface area (Å²) in [6, 6.07) is 95.9. The Morgan fingerprint density at radius 2 is 0.734 bits per heavy atom. The van der Waals surface area contributed by atoms with Crippen molar-refractivity contribution < 1.29 is 0 Å². The van der Waals surface area contributed by atoms with Crippen LogP contribution in [0.4, 0.5) is 17.1 Å². The molecule has 0 aromatic heterocycles. The van der Waals surface area contributed by atoms with Crippen molar-refractivity contribution in [3.63, 3.8) is 0 Å². The maximum absolute atomic E-state index is 2.46. The summed E-state index contributed by atoms with van der Waals surface area (Å²) in [7, 11) is 0. The van der Waals surface area contributed by atoms with Gasteiger partial charge in [-0.2, -0.15) is 0 Å². The number of nitrogens with zero attached hydrogens (tertiary/aromatic N) is 1. The lowest BCUT2D eigenvalue weighted by Gasteiger charge is -2.35. The van der Waals surface area contributed by atoms with Gasteiger partial charge in [-0.15, -0.1) is 0 Å². The molecule has 64 heavy (non-hydrogen) atoms. The van der Waals surface area contributed by atoms with Crippen LogP contribution >= 0.6 is 0 Å². The molecule has 0 spiro atoms. The molecule has 0 saturated carbocycles. The number of benzene rings is 11. The molecule has 0 atom stereocenters. The average Bonchev–Trinajstić information content (AvgIpc) is 3.68. The maximum atomic E-state index is 2.46. The lowest BCUT2D eigenvalue weighted by Crippen LogP contribution is -2.28. The zero-order valence-corrected chi connectivity index (χ0v) is 35.3.